The number of nitrogens with zero attached hydrogens (tertiary/aromatic N) is 3. The summed E-state index contributed by atoms with van der Waals surface area (Å²) in [6.45, 7) is 7.81. The minimum absolute atomic E-state index is 0. The fraction of sp³-hybridized carbons (Fsp3) is 0.600. The smallest absolute Gasteiger partial charge is 0.224 e. The molecule has 0 radical (unpaired) electrons. The van der Waals surface area contributed by atoms with Crippen molar-refractivity contribution in [3.05, 3.63) is 30.3 Å². The molecule has 27 heavy (non-hydrogen) atoms. The van der Waals surface area contributed by atoms with E-state index < -0.39 is 0 Å². The Morgan fingerprint density at radius 1 is 1.11 bits per heavy atom. The highest BCUT2D eigenvalue weighted by molar-refractivity contribution is 14.0. The zero-order valence-electron chi connectivity index (χ0n) is 16.2. The molecule has 1 aromatic rings. The topological polar surface area (TPSA) is 60.0 Å². The van der Waals surface area contributed by atoms with Crippen molar-refractivity contribution in [2.75, 3.05) is 50.7 Å². The van der Waals surface area contributed by atoms with Gasteiger partial charge >= 0.3 is 0 Å². The lowest BCUT2D eigenvalue weighted by atomic mass is 10.2. The van der Waals surface area contributed by atoms with Gasteiger partial charge in [0.2, 0.25) is 5.91 Å². The summed E-state index contributed by atoms with van der Waals surface area (Å²) in [5, 5.41) is 6.54. The molecule has 0 aromatic heterocycles. The Morgan fingerprint density at radius 3 is 2.44 bits per heavy atom. The summed E-state index contributed by atoms with van der Waals surface area (Å²) in [4.78, 5) is 21.4. The molecule has 2 N–H and O–H groups in total. The first kappa shape index (κ1) is 21.8. The first-order valence-corrected chi connectivity index (χ1v) is 9.86. The lowest BCUT2D eigenvalue weighted by molar-refractivity contribution is -0.131. The van der Waals surface area contributed by atoms with Gasteiger partial charge in [0.25, 0.3) is 0 Å². The van der Waals surface area contributed by atoms with Gasteiger partial charge in [-0.25, -0.2) is 0 Å². The van der Waals surface area contributed by atoms with Gasteiger partial charge in [-0.2, -0.15) is 0 Å². The number of carbonyl (C=O) groups excluding carboxylic acids is 1. The van der Waals surface area contributed by atoms with Gasteiger partial charge in [0, 0.05) is 57.9 Å². The van der Waals surface area contributed by atoms with E-state index in [1.165, 1.54) is 18.5 Å². The average molecular weight is 485 g/mol. The second-order valence-electron chi connectivity index (χ2n) is 7.04. The van der Waals surface area contributed by atoms with Gasteiger partial charge in [-0.15, -0.1) is 24.0 Å². The number of rotatable bonds is 7. The lowest BCUT2D eigenvalue weighted by Crippen LogP contribution is -2.49. The highest BCUT2D eigenvalue weighted by Crippen LogP contribution is 2.28. The molecule has 1 saturated carbocycles. The zero-order chi connectivity index (χ0) is 18.2. The third kappa shape index (κ3) is 7.20. The molecule has 1 amide bonds. The van der Waals surface area contributed by atoms with E-state index in [0.717, 1.165) is 51.1 Å². The predicted molar refractivity (Wildman–Crippen MR) is 122 cm³/mol. The van der Waals surface area contributed by atoms with Crippen LogP contribution in [-0.4, -0.2) is 62.6 Å². The van der Waals surface area contributed by atoms with Gasteiger partial charge in [-0.3, -0.25) is 9.79 Å². The fourth-order valence-corrected chi connectivity index (χ4v) is 3.16. The number of carbonyl (C=O) groups is 1. The molecule has 7 heteroatoms. The van der Waals surface area contributed by atoms with Crippen molar-refractivity contribution in [2.45, 2.75) is 26.2 Å². The Labute approximate surface area is 179 Å². The van der Waals surface area contributed by atoms with E-state index >= 15 is 0 Å². The van der Waals surface area contributed by atoms with Gasteiger partial charge in [0.05, 0.1) is 0 Å². The maximum Gasteiger partial charge on any atom is 0.224 e. The molecular weight excluding hydrogens is 453 g/mol. The van der Waals surface area contributed by atoms with Crippen molar-refractivity contribution >= 4 is 41.5 Å². The molecule has 1 aromatic carbocycles. The van der Waals surface area contributed by atoms with E-state index in [2.05, 4.69) is 51.7 Å². The van der Waals surface area contributed by atoms with Crippen molar-refractivity contribution in [2.24, 2.45) is 10.9 Å². The van der Waals surface area contributed by atoms with E-state index in [-0.39, 0.29) is 29.9 Å². The number of halogens is 1. The number of para-hydroxylation sites is 1. The van der Waals surface area contributed by atoms with Crippen LogP contribution >= 0.6 is 24.0 Å². The summed E-state index contributed by atoms with van der Waals surface area (Å²) in [6, 6.07) is 10.4. The van der Waals surface area contributed by atoms with Crippen LogP contribution in [0.25, 0.3) is 0 Å². The Bertz CT molecular complexity index is 598. The van der Waals surface area contributed by atoms with E-state index in [1.807, 2.05) is 11.0 Å². The van der Waals surface area contributed by atoms with Crippen LogP contribution in [0, 0.1) is 5.92 Å². The molecule has 6 nitrogen and oxygen atoms in total. The fourth-order valence-electron chi connectivity index (χ4n) is 3.16. The SMILES string of the molecule is CCNC(=NCC1CC1)NCCC(=O)N1CCN(c2ccccc2)CC1.I. The standard InChI is InChI=1S/C20H31N5O.HI/c1-2-21-20(23-16-17-8-9-17)22-11-10-19(26)25-14-12-24(13-15-25)18-6-4-3-5-7-18;/h3-7,17H,2,8-16H2,1H3,(H2,21,22,23);1H. The first-order chi connectivity index (χ1) is 12.8. The van der Waals surface area contributed by atoms with E-state index in [9.17, 15) is 4.79 Å². The number of hydrogen-bond acceptors (Lipinski definition) is 3. The van der Waals surface area contributed by atoms with Crippen molar-refractivity contribution < 1.29 is 4.79 Å². The molecule has 2 fully saturated rings. The van der Waals surface area contributed by atoms with Crippen LogP contribution in [0.5, 0.6) is 0 Å². The van der Waals surface area contributed by atoms with Crippen LogP contribution in [0.2, 0.25) is 0 Å². The van der Waals surface area contributed by atoms with E-state index in [4.69, 9.17) is 0 Å². The first-order valence-electron chi connectivity index (χ1n) is 9.86. The molecular formula is C20H32IN5O. The Morgan fingerprint density at radius 2 is 1.81 bits per heavy atom. The van der Waals surface area contributed by atoms with Gasteiger partial charge in [-0.1, -0.05) is 18.2 Å². The van der Waals surface area contributed by atoms with Crippen LogP contribution in [0.4, 0.5) is 5.69 Å². The number of guanidine groups is 1. The molecule has 0 unspecified atom stereocenters. The van der Waals surface area contributed by atoms with Crippen LogP contribution in [-0.2, 0) is 4.79 Å². The summed E-state index contributed by atoms with van der Waals surface area (Å²) in [6.07, 6.45) is 3.12. The Kier molecular flexibility index (Phi) is 9.17. The zero-order valence-corrected chi connectivity index (χ0v) is 18.5. The quantitative estimate of drug-likeness (QED) is 0.354. The lowest BCUT2D eigenvalue weighted by Gasteiger charge is -2.36. The summed E-state index contributed by atoms with van der Waals surface area (Å²) in [5.74, 6) is 1.83. The molecule has 150 valence electrons. The highest BCUT2D eigenvalue weighted by Gasteiger charge is 2.22. The van der Waals surface area contributed by atoms with Crippen LogP contribution in [0.15, 0.2) is 35.3 Å². The number of amides is 1. The Hall–Kier alpha value is -1.51. The maximum atomic E-state index is 12.5. The molecule has 1 saturated heterocycles. The average Bonchev–Trinajstić information content (AvgIpc) is 3.51. The van der Waals surface area contributed by atoms with Gasteiger partial charge in [0.15, 0.2) is 5.96 Å². The minimum Gasteiger partial charge on any atom is -0.368 e. The van der Waals surface area contributed by atoms with Crippen molar-refractivity contribution in [1.82, 2.24) is 15.5 Å². The number of nitrogens with one attached hydrogen (secondary N) is 2. The Balaban J connectivity index is 0.00000261. The van der Waals surface area contributed by atoms with Gasteiger partial charge in [0.1, 0.15) is 0 Å². The molecule has 1 aliphatic carbocycles. The van der Waals surface area contributed by atoms with E-state index in [1.54, 1.807) is 0 Å². The number of benzene rings is 1. The molecule has 1 heterocycles. The summed E-state index contributed by atoms with van der Waals surface area (Å²) in [5.41, 5.74) is 1.24. The number of piperazine rings is 1. The maximum absolute atomic E-state index is 12.5. The predicted octanol–water partition coefficient (Wildman–Crippen LogP) is 2.31. The summed E-state index contributed by atoms with van der Waals surface area (Å²) < 4.78 is 0. The monoisotopic (exact) mass is 485 g/mol. The third-order valence-corrected chi connectivity index (χ3v) is 4.93. The van der Waals surface area contributed by atoms with Crippen LogP contribution in [0.1, 0.15) is 26.2 Å². The van der Waals surface area contributed by atoms with Gasteiger partial charge < -0.3 is 20.4 Å². The van der Waals surface area contributed by atoms with E-state index in [0.29, 0.717) is 13.0 Å². The van der Waals surface area contributed by atoms with Crippen molar-refractivity contribution in [3.8, 4) is 0 Å². The van der Waals surface area contributed by atoms with Crippen molar-refractivity contribution in [1.29, 1.82) is 0 Å². The van der Waals surface area contributed by atoms with Crippen LogP contribution in [0.3, 0.4) is 0 Å². The molecule has 0 atom stereocenters. The normalized spacial score (nSPS) is 17.3. The summed E-state index contributed by atoms with van der Waals surface area (Å²) in [7, 11) is 0. The summed E-state index contributed by atoms with van der Waals surface area (Å²) >= 11 is 0. The minimum atomic E-state index is 0. The number of hydrogen-bond donors (Lipinski definition) is 2. The van der Waals surface area contributed by atoms with Crippen LogP contribution < -0.4 is 15.5 Å². The molecule has 2 aliphatic rings. The molecule has 0 spiro atoms. The largest absolute Gasteiger partial charge is 0.368 e. The highest BCUT2D eigenvalue weighted by atomic mass is 127. The molecule has 1 aliphatic heterocycles. The van der Waals surface area contributed by atoms with Gasteiger partial charge in [-0.05, 0) is 37.8 Å². The molecule has 3 rings (SSSR count). The molecule has 0 bridgehead atoms. The number of anilines is 1. The third-order valence-electron chi connectivity index (χ3n) is 4.93. The van der Waals surface area contributed by atoms with Crippen molar-refractivity contribution in [3.63, 3.8) is 0 Å². The number of aliphatic imine (C=N–C) groups is 1. The second-order valence-corrected chi connectivity index (χ2v) is 7.04. The second kappa shape index (κ2) is 11.4.